The molecular weight excluding hydrogens is 904 g/mol. The van der Waals surface area contributed by atoms with Crippen molar-refractivity contribution >= 4 is 25.7 Å². The Labute approximate surface area is 425 Å². The molecule has 0 aromatic heterocycles. The molecule has 0 aliphatic rings. The van der Waals surface area contributed by atoms with Crippen LogP contribution >= 0.6 is 7.82 Å². The van der Waals surface area contributed by atoms with Crippen LogP contribution in [0.1, 0.15) is 213 Å². The maximum absolute atomic E-state index is 12.9. The smallest absolute Gasteiger partial charge is 0.462 e. The Balaban J connectivity index is 4.83. The maximum Gasteiger partial charge on any atom is 0.472 e. The molecule has 3 atom stereocenters. The zero-order valence-electron chi connectivity index (χ0n) is 43.9. The highest BCUT2D eigenvalue weighted by molar-refractivity contribution is 7.47. The van der Waals surface area contributed by atoms with Crippen molar-refractivity contribution in [2.75, 3.05) is 26.4 Å². The fraction of sp³-hybridized carbons (Fsp3) is 0.672. The van der Waals surface area contributed by atoms with E-state index in [-0.39, 0.29) is 25.9 Å². The van der Waals surface area contributed by atoms with E-state index in [1.807, 2.05) is 18.2 Å². The van der Waals surface area contributed by atoms with Gasteiger partial charge in [0.05, 0.1) is 19.8 Å². The molecule has 2 N–H and O–H groups in total. The van der Waals surface area contributed by atoms with Crippen molar-refractivity contribution < 1.29 is 52.2 Å². The normalized spacial score (nSPS) is 14.2. The number of hydrogen-bond donors (Lipinski definition) is 2. The summed E-state index contributed by atoms with van der Waals surface area (Å²) >= 11 is 0. The maximum atomic E-state index is 12.9. The number of ether oxygens (including phenoxy) is 3. The predicted molar refractivity (Wildman–Crippen MR) is 288 cm³/mol. The summed E-state index contributed by atoms with van der Waals surface area (Å²) in [5.41, 5.74) is 0. The quantitative estimate of drug-likeness (QED) is 0.0197. The number of carbonyl (C=O) groups excluding carboxylic acids is 3. The summed E-state index contributed by atoms with van der Waals surface area (Å²) in [4.78, 5) is 48.4. The van der Waals surface area contributed by atoms with Crippen LogP contribution in [0.3, 0.4) is 0 Å². The van der Waals surface area contributed by atoms with Gasteiger partial charge in [0.2, 0.25) is 0 Å². The number of hydrogen-bond acceptors (Lipinski definition) is 10. The summed E-state index contributed by atoms with van der Waals surface area (Å²) in [6.07, 6.45) is 59.6. The molecule has 12 heteroatoms. The van der Waals surface area contributed by atoms with Crippen molar-refractivity contribution in [1.29, 1.82) is 0 Å². The molecule has 11 nitrogen and oxygen atoms in total. The molecule has 0 saturated carbocycles. The fourth-order valence-electron chi connectivity index (χ4n) is 6.85. The monoisotopic (exact) mass is 1000 g/mol. The number of rotatable bonds is 49. The molecule has 70 heavy (non-hydrogen) atoms. The molecule has 0 aliphatic heterocycles. The third kappa shape index (κ3) is 49.4. The van der Waals surface area contributed by atoms with E-state index in [9.17, 15) is 28.9 Å². The van der Waals surface area contributed by atoms with E-state index >= 15 is 0 Å². The van der Waals surface area contributed by atoms with Crippen LogP contribution in [0.5, 0.6) is 0 Å². The lowest BCUT2D eigenvalue weighted by Crippen LogP contribution is -2.30. The third-order valence-corrected chi connectivity index (χ3v) is 11.9. The molecule has 0 spiro atoms. The van der Waals surface area contributed by atoms with Crippen LogP contribution in [0.15, 0.2) is 97.2 Å². The van der Waals surface area contributed by atoms with Crippen LogP contribution in [0.4, 0.5) is 0 Å². The van der Waals surface area contributed by atoms with Crippen molar-refractivity contribution in [3.8, 4) is 0 Å². The van der Waals surface area contributed by atoms with E-state index in [0.717, 1.165) is 116 Å². The highest BCUT2D eigenvalue weighted by Crippen LogP contribution is 2.43. The predicted octanol–water partition coefficient (Wildman–Crippen LogP) is 15.7. The second kappa shape index (κ2) is 51.7. The number of aliphatic hydroxyl groups excluding tert-OH is 1. The Morgan fingerprint density at radius 3 is 1.29 bits per heavy atom. The Hall–Kier alpha value is -3.60. The molecule has 0 rings (SSSR count). The largest absolute Gasteiger partial charge is 0.472 e. The Morgan fingerprint density at radius 2 is 0.800 bits per heavy atom. The minimum atomic E-state index is -4.77. The minimum Gasteiger partial charge on any atom is -0.462 e. The molecule has 0 aromatic carbocycles. The molecule has 3 unspecified atom stereocenters. The molecule has 0 fully saturated rings. The fourth-order valence-corrected chi connectivity index (χ4v) is 7.63. The van der Waals surface area contributed by atoms with Crippen LogP contribution in [0.2, 0.25) is 0 Å². The standard InChI is InChI=1S/C58H97O11P/c1-4-7-10-13-16-19-22-25-26-27-28-31-34-37-40-43-46-49-58(62)69-55(51-65-56(60)47-44-41-38-35-32-29-23-20-17-14-11-8-5-2)53-67-70(63,64)66-52-54(50-59)68-57(61)48-45-42-39-36-33-30-24-21-18-15-12-9-6-3/h9,11-12,14,16,18-21,23,25-26,30,33,39,42,54-55,59H,4-8,10,13,15,17,22,24,27-29,31-32,34-38,40-41,43-53H2,1-3H3,(H,63,64)/b12-9-,14-11-,19-16-,21-18-,23-20-,26-25-,33-30-,42-39-. The SMILES string of the molecule is CC/C=C\C/C=C\C/C=C\C/C=C\CCC(=O)OC(CO)COP(=O)(O)OCC(COC(=O)CCCCCCC/C=C\C/C=C\CCC)OC(=O)CCCCCCCCC/C=C\C/C=C\CCCCC. The van der Waals surface area contributed by atoms with Gasteiger partial charge in [0.1, 0.15) is 12.7 Å². The van der Waals surface area contributed by atoms with Gasteiger partial charge in [-0.1, -0.05) is 189 Å². The first kappa shape index (κ1) is 66.4. The molecule has 0 radical (unpaired) electrons. The molecule has 0 aromatic rings. The first-order valence-corrected chi connectivity index (χ1v) is 28.6. The van der Waals surface area contributed by atoms with Gasteiger partial charge in [0.25, 0.3) is 0 Å². The van der Waals surface area contributed by atoms with Crippen LogP contribution < -0.4 is 0 Å². The molecule has 0 heterocycles. The summed E-state index contributed by atoms with van der Waals surface area (Å²) in [6, 6.07) is 0. The highest BCUT2D eigenvalue weighted by atomic mass is 31.2. The number of phosphoric ester groups is 1. The Kier molecular flexibility index (Phi) is 49.1. The molecular formula is C58H97O11P. The first-order chi connectivity index (χ1) is 34.2. The lowest BCUT2D eigenvalue weighted by Gasteiger charge is -2.21. The van der Waals surface area contributed by atoms with Crippen molar-refractivity contribution in [2.24, 2.45) is 0 Å². The van der Waals surface area contributed by atoms with E-state index in [4.69, 9.17) is 23.3 Å². The summed E-state index contributed by atoms with van der Waals surface area (Å²) < 4.78 is 39.3. The van der Waals surface area contributed by atoms with Gasteiger partial charge in [0, 0.05) is 19.3 Å². The van der Waals surface area contributed by atoms with Gasteiger partial charge in [-0.3, -0.25) is 23.4 Å². The van der Waals surface area contributed by atoms with Gasteiger partial charge in [0.15, 0.2) is 6.10 Å². The van der Waals surface area contributed by atoms with E-state index in [1.54, 1.807) is 0 Å². The van der Waals surface area contributed by atoms with Gasteiger partial charge in [-0.25, -0.2) is 4.57 Å². The van der Waals surface area contributed by atoms with E-state index < -0.39 is 57.8 Å². The van der Waals surface area contributed by atoms with Gasteiger partial charge in [-0.05, 0) is 103 Å². The zero-order chi connectivity index (χ0) is 51.3. The van der Waals surface area contributed by atoms with Crippen molar-refractivity contribution in [2.45, 2.75) is 226 Å². The Morgan fingerprint density at radius 1 is 0.414 bits per heavy atom. The van der Waals surface area contributed by atoms with Gasteiger partial charge >= 0.3 is 25.7 Å². The van der Waals surface area contributed by atoms with Crippen LogP contribution in [0.25, 0.3) is 0 Å². The molecule has 0 saturated heterocycles. The number of carbonyl (C=O) groups is 3. The number of esters is 3. The molecule has 400 valence electrons. The van der Waals surface area contributed by atoms with Crippen LogP contribution in [-0.4, -0.2) is 66.5 Å². The van der Waals surface area contributed by atoms with Crippen molar-refractivity contribution in [1.82, 2.24) is 0 Å². The second-order valence-corrected chi connectivity index (χ2v) is 19.1. The molecule has 0 amide bonds. The van der Waals surface area contributed by atoms with E-state index in [1.165, 1.54) is 38.5 Å². The van der Waals surface area contributed by atoms with E-state index in [0.29, 0.717) is 19.3 Å². The molecule has 0 bridgehead atoms. The summed E-state index contributed by atoms with van der Waals surface area (Å²) in [5.74, 6) is -1.59. The summed E-state index contributed by atoms with van der Waals surface area (Å²) in [6.45, 7) is 4.31. The number of unbranched alkanes of at least 4 members (excludes halogenated alkanes) is 16. The highest BCUT2D eigenvalue weighted by Gasteiger charge is 2.28. The third-order valence-electron chi connectivity index (χ3n) is 11.0. The van der Waals surface area contributed by atoms with Crippen LogP contribution in [0, 0.1) is 0 Å². The Bertz CT molecular complexity index is 1540. The minimum absolute atomic E-state index is 0.0508. The zero-order valence-corrected chi connectivity index (χ0v) is 44.8. The summed E-state index contributed by atoms with van der Waals surface area (Å²) in [7, 11) is -4.77. The summed E-state index contributed by atoms with van der Waals surface area (Å²) in [5, 5.41) is 9.77. The second-order valence-electron chi connectivity index (χ2n) is 17.7. The van der Waals surface area contributed by atoms with E-state index in [2.05, 4.69) is 99.8 Å². The number of phosphoric acid groups is 1. The number of allylic oxidation sites excluding steroid dienone is 16. The van der Waals surface area contributed by atoms with Gasteiger partial charge < -0.3 is 24.2 Å². The van der Waals surface area contributed by atoms with Gasteiger partial charge in [-0.2, -0.15) is 0 Å². The van der Waals surface area contributed by atoms with Crippen LogP contribution in [-0.2, 0) is 42.2 Å². The average Bonchev–Trinajstić information content (AvgIpc) is 3.35. The lowest BCUT2D eigenvalue weighted by molar-refractivity contribution is -0.161. The van der Waals surface area contributed by atoms with Crippen molar-refractivity contribution in [3.05, 3.63) is 97.2 Å². The van der Waals surface area contributed by atoms with Gasteiger partial charge in [-0.15, -0.1) is 0 Å². The average molecular weight is 1000 g/mol. The topological polar surface area (TPSA) is 155 Å². The number of aliphatic hydroxyl groups is 1. The molecule has 0 aliphatic carbocycles. The first-order valence-electron chi connectivity index (χ1n) is 27.1. The van der Waals surface area contributed by atoms with Crippen molar-refractivity contribution in [3.63, 3.8) is 0 Å². The lowest BCUT2D eigenvalue weighted by atomic mass is 10.1.